The summed E-state index contributed by atoms with van der Waals surface area (Å²) in [5.41, 5.74) is 8.29. The van der Waals surface area contributed by atoms with Crippen LogP contribution in [0, 0.1) is 19.7 Å². The van der Waals surface area contributed by atoms with Gasteiger partial charge in [-0.1, -0.05) is 36.4 Å². The number of hydrogen-bond acceptors (Lipinski definition) is 2. The Balaban J connectivity index is 1.93. The second kappa shape index (κ2) is 9.53. The second-order valence-corrected chi connectivity index (χ2v) is 7.70. The number of nitrogens with two attached hydrogens (primary N) is 1. The lowest BCUT2D eigenvalue weighted by molar-refractivity contribution is -0.137. The van der Waals surface area contributed by atoms with E-state index in [0.29, 0.717) is 17.3 Å². The lowest BCUT2D eigenvalue weighted by Crippen LogP contribution is -2.40. The minimum Gasteiger partial charge on any atom is -0.316 e. The van der Waals surface area contributed by atoms with Gasteiger partial charge >= 0.3 is 6.18 Å². The fraction of sp³-hybridized carbons (Fsp3) is 0.240. The Bertz CT molecular complexity index is 1100. The third-order valence-electron chi connectivity index (χ3n) is 5.47. The molecule has 0 saturated carbocycles. The van der Waals surface area contributed by atoms with E-state index in [0.717, 1.165) is 23.3 Å². The molecule has 1 atom stereocenters. The molecule has 3 aromatic rings. The molecule has 3 aromatic carbocycles. The van der Waals surface area contributed by atoms with Crippen molar-refractivity contribution in [2.24, 2.45) is 5.73 Å². The molecule has 0 unspecified atom stereocenters. The molecule has 0 heterocycles. The second-order valence-electron chi connectivity index (χ2n) is 7.70. The fourth-order valence-electron chi connectivity index (χ4n) is 3.41. The number of amides is 1. The molecule has 0 spiro atoms. The van der Waals surface area contributed by atoms with E-state index in [2.05, 4.69) is 0 Å². The fourth-order valence-corrected chi connectivity index (χ4v) is 3.41. The molecule has 0 radical (unpaired) electrons. The van der Waals surface area contributed by atoms with Crippen LogP contribution in [0.3, 0.4) is 0 Å². The minimum atomic E-state index is -4.58. The summed E-state index contributed by atoms with van der Waals surface area (Å²) in [6.07, 6.45) is -4.68. The van der Waals surface area contributed by atoms with Gasteiger partial charge in [0, 0.05) is 12.2 Å². The normalized spacial score (nSPS) is 12.5. The van der Waals surface area contributed by atoms with E-state index in [9.17, 15) is 22.4 Å². The molecule has 1 amide bonds. The van der Waals surface area contributed by atoms with Gasteiger partial charge in [0.15, 0.2) is 0 Å². The summed E-state index contributed by atoms with van der Waals surface area (Å²) >= 11 is 0. The van der Waals surface area contributed by atoms with Crippen LogP contribution in [0.15, 0.2) is 66.7 Å². The number of carbonyl (C=O) groups is 1. The first-order valence-corrected chi connectivity index (χ1v) is 10.1. The lowest BCUT2D eigenvalue weighted by atomic mass is 10.0. The first-order valence-electron chi connectivity index (χ1n) is 10.1. The number of aryl methyl sites for hydroxylation is 2. The van der Waals surface area contributed by atoms with Gasteiger partial charge in [0.25, 0.3) is 0 Å². The standard InChI is InChI=1S/C25H24F4N2O/c1-16-8-10-21(14-17(16)2)31(24(32)23(30)18-6-4-3-5-7-18)13-12-19-15-20(25(27,28)29)9-11-22(19)26/h3-11,14-15,23H,12-13,30H2,1-2H3/t23-/m0/s1. The van der Waals surface area contributed by atoms with Crippen molar-refractivity contribution in [1.82, 2.24) is 0 Å². The van der Waals surface area contributed by atoms with Gasteiger partial charge < -0.3 is 10.6 Å². The molecule has 0 aliphatic heterocycles. The third kappa shape index (κ3) is 5.34. The molecule has 0 bridgehead atoms. The minimum absolute atomic E-state index is 0.0277. The van der Waals surface area contributed by atoms with Gasteiger partial charge in [0.2, 0.25) is 5.91 Å². The number of hydrogen-bond donors (Lipinski definition) is 1. The Morgan fingerprint density at radius 2 is 1.66 bits per heavy atom. The molecule has 0 saturated heterocycles. The number of carbonyl (C=O) groups excluding carboxylic acids is 1. The first kappa shape index (κ1) is 23.5. The van der Waals surface area contributed by atoms with Crippen LogP contribution in [0.4, 0.5) is 23.2 Å². The van der Waals surface area contributed by atoms with Crippen LogP contribution < -0.4 is 10.6 Å². The van der Waals surface area contributed by atoms with Crippen molar-refractivity contribution in [2.45, 2.75) is 32.5 Å². The number of benzene rings is 3. The van der Waals surface area contributed by atoms with E-state index in [-0.39, 0.29) is 18.5 Å². The Kier molecular flexibility index (Phi) is 6.99. The van der Waals surface area contributed by atoms with Crippen LogP contribution in [0.5, 0.6) is 0 Å². The molecule has 2 N–H and O–H groups in total. The van der Waals surface area contributed by atoms with Crippen LogP contribution in [0.1, 0.15) is 33.9 Å². The summed E-state index contributed by atoms with van der Waals surface area (Å²) in [5, 5.41) is 0. The molecule has 0 aliphatic carbocycles. The van der Waals surface area contributed by atoms with E-state index in [1.54, 1.807) is 36.4 Å². The zero-order valence-corrected chi connectivity index (χ0v) is 17.8. The molecule has 32 heavy (non-hydrogen) atoms. The van der Waals surface area contributed by atoms with Crippen molar-refractivity contribution >= 4 is 11.6 Å². The van der Waals surface area contributed by atoms with Crippen molar-refractivity contribution in [3.63, 3.8) is 0 Å². The van der Waals surface area contributed by atoms with Crippen molar-refractivity contribution in [2.75, 3.05) is 11.4 Å². The number of nitrogens with zero attached hydrogens (tertiary/aromatic N) is 1. The number of rotatable bonds is 6. The summed E-state index contributed by atoms with van der Waals surface area (Å²) in [5.74, 6) is -1.18. The number of halogens is 4. The van der Waals surface area contributed by atoms with Crippen LogP contribution in [0.25, 0.3) is 0 Å². The number of anilines is 1. The van der Waals surface area contributed by atoms with Crippen LogP contribution >= 0.6 is 0 Å². The summed E-state index contributed by atoms with van der Waals surface area (Å²) < 4.78 is 53.4. The van der Waals surface area contributed by atoms with E-state index >= 15 is 0 Å². The zero-order valence-electron chi connectivity index (χ0n) is 17.8. The van der Waals surface area contributed by atoms with E-state index in [1.165, 1.54) is 4.90 Å². The van der Waals surface area contributed by atoms with Gasteiger partial charge in [0.05, 0.1) is 5.56 Å². The Morgan fingerprint density at radius 1 is 0.969 bits per heavy atom. The first-order chi connectivity index (χ1) is 15.1. The average molecular weight is 444 g/mol. The topological polar surface area (TPSA) is 46.3 Å². The Hall–Kier alpha value is -3.19. The molecule has 7 heteroatoms. The van der Waals surface area contributed by atoms with E-state index < -0.39 is 29.5 Å². The molecule has 0 aliphatic rings. The van der Waals surface area contributed by atoms with E-state index in [1.807, 2.05) is 26.0 Å². The van der Waals surface area contributed by atoms with Crippen molar-refractivity contribution < 1.29 is 22.4 Å². The maximum atomic E-state index is 14.3. The average Bonchev–Trinajstić information content (AvgIpc) is 2.76. The van der Waals surface area contributed by atoms with Gasteiger partial charge in [-0.25, -0.2) is 4.39 Å². The summed E-state index contributed by atoms with van der Waals surface area (Å²) in [6, 6.07) is 15.5. The smallest absolute Gasteiger partial charge is 0.316 e. The third-order valence-corrected chi connectivity index (χ3v) is 5.47. The van der Waals surface area contributed by atoms with Gasteiger partial charge in [0.1, 0.15) is 11.9 Å². The van der Waals surface area contributed by atoms with Crippen molar-refractivity contribution in [1.29, 1.82) is 0 Å². The largest absolute Gasteiger partial charge is 0.416 e. The Labute approximate surface area is 184 Å². The van der Waals surface area contributed by atoms with Crippen molar-refractivity contribution in [3.05, 3.63) is 100 Å². The quantitative estimate of drug-likeness (QED) is 0.493. The lowest BCUT2D eigenvalue weighted by Gasteiger charge is -2.27. The Morgan fingerprint density at radius 3 is 2.28 bits per heavy atom. The molecule has 3 rings (SSSR count). The predicted octanol–water partition coefficient (Wildman–Crippen LogP) is 5.74. The van der Waals surface area contributed by atoms with Crippen LogP contribution in [-0.4, -0.2) is 12.5 Å². The molecule has 3 nitrogen and oxygen atoms in total. The highest BCUT2D eigenvalue weighted by atomic mass is 19.4. The summed E-state index contributed by atoms with van der Waals surface area (Å²) in [7, 11) is 0. The van der Waals surface area contributed by atoms with E-state index in [4.69, 9.17) is 5.73 Å². The predicted molar refractivity (Wildman–Crippen MR) is 117 cm³/mol. The molecule has 0 aromatic heterocycles. The summed E-state index contributed by atoms with van der Waals surface area (Å²) in [6.45, 7) is 3.80. The maximum absolute atomic E-state index is 14.3. The van der Waals surface area contributed by atoms with Crippen LogP contribution in [-0.2, 0) is 17.4 Å². The molecule has 0 fully saturated rings. The highest BCUT2D eigenvalue weighted by Crippen LogP contribution is 2.31. The zero-order chi connectivity index (χ0) is 23.5. The molecular weight excluding hydrogens is 420 g/mol. The van der Waals surface area contributed by atoms with Gasteiger partial charge in [-0.3, -0.25) is 4.79 Å². The highest BCUT2D eigenvalue weighted by molar-refractivity contribution is 5.97. The monoisotopic (exact) mass is 444 g/mol. The van der Waals surface area contributed by atoms with Gasteiger partial charge in [-0.05, 0) is 72.9 Å². The summed E-state index contributed by atoms with van der Waals surface area (Å²) in [4.78, 5) is 14.7. The van der Waals surface area contributed by atoms with Crippen LogP contribution in [0.2, 0.25) is 0 Å². The highest BCUT2D eigenvalue weighted by Gasteiger charge is 2.31. The van der Waals surface area contributed by atoms with Crippen molar-refractivity contribution in [3.8, 4) is 0 Å². The maximum Gasteiger partial charge on any atom is 0.416 e. The van der Waals surface area contributed by atoms with Gasteiger partial charge in [-0.2, -0.15) is 13.2 Å². The number of alkyl halides is 3. The van der Waals surface area contributed by atoms with Gasteiger partial charge in [-0.15, -0.1) is 0 Å². The molecule has 168 valence electrons. The molecular formula is C25H24F4N2O. The SMILES string of the molecule is Cc1ccc(N(CCc2cc(C(F)(F)F)ccc2F)C(=O)[C@@H](N)c2ccccc2)cc1C.